The Labute approximate surface area is 155 Å². The molecule has 0 amide bonds. The third-order valence-corrected chi connectivity index (χ3v) is 4.91. The maximum atomic E-state index is 13.6. The molecule has 27 heavy (non-hydrogen) atoms. The molecule has 0 N–H and O–H groups in total. The number of pyridine rings is 1. The summed E-state index contributed by atoms with van der Waals surface area (Å²) >= 11 is 0. The van der Waals surface area contributed by atoms with Crippen LogP contribution in [0.1, 0.15) is 12.5 Å². The van der Waals surface area contributed by atoms with E-state index in [2.05, 4.69) is 20.0 Å². The molecule has 7 heteroatoms. The Balaban J connectivity index is 1.64. The molecule has 1 aromatic carbocycles. The molecule has 0 atom stereocenters. The summed E-state index contributed by atoms with van der Waals surface area (Å²) in [7, 11) is 0. The summed E-state index contributed by atoms with van der Waals surface area (Å²) in [5.41, 5.74) is 5.26. The second-order valence-corrected chi connectivity index (χ2v) is 6.52. The molecule has 0 radical (unpaired) electrons. The fraction of sp³-hybridized carbons (Fsp3) is 0.200. The average Bonchev–Trinajstić information content (AvgIpc) is 3.34. The minimum Gasteiger partial charge on any atom is -0.324 e. The van der Waals surface area contributed by atoms with Gasteiger partial charge in [-0.25, -0.2) is 19.3 Å². The van der Waals surface area contributed by atoms with Crippen molar-refractivity contribution in [1.82, 2.24) is 24.7 Å². The van der Waals surface area contributed by atoms with Crippen LogP contribution in [0.5, 0.6) is 0 Å². The lowest BCUT2D eigenvalue weighted by Gasteiger charge is -2.19. The highest BCUT2D eigenvalue weighted by molar-refractivity contribution is 5.90. The van der Waals surface area contributed by atoms with Gasteiger partial charge in [-0.05, 0) is 49.2 Å². The molecular formula is C20H17FN6. The van der Waals surface area contributed by atoms with Gasteiger partial charge in [-0.15, -0.1) is 0 Å². The minimum atomic E-state index is -0.212. The van der Waals surface area contributed by atoms with Gasteiger partial charge < -0.3 is 4.90 Å². The molecule has 4 aromatic rings. The largest absolute Gasteiger partial charge is 0.324 e. The van der Waals surface area contributed by atoms with Gasteiger partial charge >= 0.3 is 0 Å². The van der Waals surface area contributed by atoms with E-state index in [-0.39, 0.29) is 5.82 Å². The maximum absolute atomic E-state index is 13.6. The van der Waals surface area contributed by atoms with Crippen molar-refractivity contribution in [1.29, 1.82) is 0 Å². The molecule has 0 unspecified atom stereocenters. The molecule has 0 saturated carbocycles. The van der Waals surface area contributed by atoms with E-state index in [1.165, 1.54) is 6.07 Å². The lowest BCUT2D eigenvalue weighted by atomic mass is 10.1. The highest BCUT2D eigenvalue weighted by Crippen LogP contribution is 2.36. The normalized spacial score (nSPS) is 13.3. The Hall–Kier alpha value is -3.35. The standard InChI is InChI=1S/C20H17FN6/c1-2-26-11-14(10-24-26)16-4-5-17-19(25-16)20(23-12-22-17)27-8-7-13-9-15(21)3-6-18(13)27/h3-6,9-12H,2,7-8H2,1H3. The summed E-state index contributed by atoms with van der Waals surface area (Å²) in [4.78, 5) is 15.8. The summed E-state index contributed by atoms with van der Waals surface area (Å²) in [5.74, 6) is 0.534. The molecule has 4 heterocycles. The molecular weight excluding hydrogens is 343 g/mol. The van der Waals surface area contributed by atoms with Crippen LogP contribution in [-0.4, -0.2) is 31.3 Å². The first-order valence-electron chi connectivity index (χ1n) is 8.93. The van der Waals surface area contributed by atoms with Gasteiger partial charge in [0.25, 0.3) is 0 Å². The van der Waals surface area contributed by atoms with E-state index in [0.29, 0.717) is 0 Å². The van der Waals surface area contributed by atoms with Crippen LogP contribution in [0.3, 0.4) is 0 Å². The van der Waals surface area contributed by atoms with Crippen LogP contribution in [0.2, 0.25) is 0 Å². The Kier molecular flexibility index (Phi) is 3.60. The summed E-state index contributed by atoms with van der Waals surface area (Å²) in [5, 5.41) is 4.33. The first-order valence-corrected chi connectivity index (χ1v) is 8.93. The zero-order chi connectivity index (χ0) is 18.4. The fourth-order valence-electron chi connectivity index (χ4n) is 3.54. The number of nitrogens with zero attached hydrogens (tertiary/aromatic N) is 6. The van der Waals surface area contributed by atoms with E-state index >= 15 is 0 Å². The lowest BCUT2D eigenvalue weighted by molar-refractivity contribution is 0.626. The summed E-state index contributed by atoms with van der Waals surface area (Å²) in [6.45, 7) is 3.60. The van der Waals surface area contributed by atoms with Gasteiger partial charge in [-0.1, -0.05) is 0 Å². The first kappa shape index (κ1) is 15.9. The molecule has 1 aliphatic rings. The van der Waals surface area contributed by atoms with Gasteiger partial charge in [0, 0.05) is 30.5 Å². The molecule has 0 fully saturated rings. The zero-order valence-corrected chi connectivity index (χ0v) is 14.8. The molecule has 0 spiro atoms. The number of halogens is 1. The maximum Gasteiger partial charge on any atom is 0.163 e. The third-order valence-electron chi connectivity index (χ3n) is 4.91. The summed E-state index contributed by atoms with van der Waals surface area (Å²) < 4.78 is 15.4. The van der Waals surface area contributed by atoms with E-state index in [1.807, 2.05) is 36.1 Å². The van der Waals surface area contributed by atoms with E-state index < -0.39 is 0 Å². The summed E-state index contributed by atoms with van der Waals surface area (Å²) in [6, 6.07) is 8.78. The zero-order valence-electron chi connectivity index (χ0n) is 14.8. The second kappa shape index (κ2) is 6.12. The van der Waals surface area contributed by atoms with Gasteiger partial charge in [0.2, 0.25) is 0 Å². The van der Waals surface area contributed by atoms with Gasteiger partial charge in [0.15, 0.2) is 5.82 Å². The molecule has 3 aromatic heterocycles. The van der Waals surface area contributed by atoms with Crippen LogP contribution in [-0.2, 0) is 13.0 Å². The SMILES string of the molecule is CCn1cc(-c2ccc3ncnc(N4CCc5cc(F)ccc54)c3n2)cn1. The monoisotopic (exact) mass is 360 g/mol. The van der Waals surface area contributed by atoms with Crippen LogP contribution in [0.15, 0.2) is 49.1 Å². The minimum absolute atomic E-state index is 0.212. The van der Waals surface area contributed by atoms with E-state index in [1.54, 1.807) is 18.5 Å². The molecule has 5 rings (SSSR count). The van der Waals surface area contributed by atoms with Crippen molar-refractivity contribution in [2.75, 3.05) is 11.4 Å². The predicted molar refractivity (Wildman–Crippen MR) is 101 cm³/mol. The van der Waals surface area contributed by atoms with Crippen LogP contribution >= 0.6 is 0 Å². The summed E-state index contributed by atoms with van der Waals surface area (Å²) in [6.07, 6.45) is 6.12. The average molecular weight is 360 g/mol. The smallest absolute Gasteiger partial charge is 0.163 e. The van der Waals surface area contributed by atoms with E-state index in [9.17, 15) is 4.39 Å². The fourth-order valence-corrected chi connectivity index (χ4v) is 3.54. The highest BCUT2D eigenvalue weighted by Gasteiger charge is 2.24. The van der Waals surface area contributed by atoms with Gasteiger partial charge in [0.05, 0.1) is 17.4 Å². The number of aryl methyl sites for hydroxylation is 1. The van der Waals surface area contributed by atoms with Crippen molar-refractivity contribution in [3.63, 3.8) is 0 Å². The number of anilines is 2. The van der Waals surface area contributed by atoms with Crippen LogP contribution in [0.25, 0.3) is 22.3 Å². The molecule has 0 bridgehead atoms. The van der Waals surface area contributed by atoms with Crippen molar-refractivity contribution < 1.29 is 4.39 Å². The Morgan fingerprint density at radius 1 is 1.15 bits per heavy atom. The molecule has 0 saturated heterocycles. The predicted octanol–water partition coefficient (Wildman–Crippen LogP) is 3.74. The van der Waals surface area contributed by atoms with Crippen molar-refractivity contribution in [2.45, 2.75) is 19.9 Å². The molecule has 0 aliphatic carbocycles. The number of hydrogen-bond acceptors (Lipinski definition) is 5. The van der Waals surface area contributed by atoms with Crippen LogP contribution in [0.4, 0.5) is 15.9 Å². The van der Waals surface area contributed by atoms with Crippen molar-refractivity contribution >= 4 is 22.5 Å². The Bertz CT molecular complexity index is 1150. The molecule has 6 nitrogen and oxygen atoms in total. The number of hydrogen-bond donors (Lipinski definition) is 0. The molecule has 134 valence electrons. The highest BCUT2D eigenvalue weighted by atomic mass is 19.1. The first-order chi connectivity index (χ1) is 13.2. The Morgan fingerprint density at radius 3 is 2.93 bits per heavy atom. The number of aromatic nitrogens is 5. The van der Waals surface area contributed by atoms with Crippen LogP contribution < -0.4 is 4.90 Å². The van der Waals surface area contributed by atoms with Gasteiger partial charge in [-0.3, -0.25) is 4.68 Å². The molecule has 1 aliphatic heterocycles. The number of benzene rings is 1. The number of rotatable bonds is 3. The Morgan fingerprint density at radius 2 is 2.07 bits per heavy atom. The van der Waals surface area contributed by atoms with Gasteiger partial charge in [0.1, 0.15) is 17.7 Å². The second-order valence-electron chi connectivity index (χ2n) is 6.52. The quantitative estimate of drug-likeness (QED) is 0.557. The number of fused-ring (bicyclic) bond motifs is 2. The van der Waals surface area contributed by atoms with Crippen molar-refractivity contribution in [3.05, 3.63) is 60.4 Å². The van der Waals surface area contributed by atoms with E-state index in [4.69, 9.17) is 4.98 Å². The van der Waals surface area contributed by atoms with Crippen molar-refractivity contribution in [3.8, 4) is 11.3 Å². The van der Waals surface area contributed by atoms with Gasteiger partial charge in [-0.2, -0.15) is 5.10 Å². The van der Waals surface area contributed by atoms with Crippen molar-refractivity contribution in [2.24, 2.45) is 0 Å². The van der Waals surface area contributed by atoms with E-state index in [0.717, 1.165) is 58.9 Å². The topological polar surface area (TPSA) is 59.7 Å². The lowest BCUT2D eigenvalue weighted by Crippen LogP contribution is -2.16. The third kappa shape index (κ3) is 2.63. The van der Waals surface area contributed by atoms with Crippen LogP contribution in [0, 0.1) is 5.82 Å².